The Bertz CT molecular complexity index is 907. The molecule has 0 aliphatic carbocycles. The minimum Gasteiger partial charge on any atom is -0.379 e. The van der Waals surface area contributed by atoms with E-state index >= 15 is 0 Å². The van der Waals surface area contributed by atoms with Crippen LogP contribution < -0.4 is 10.6 Å². The first kappa shape index (κ1) is 20.8. The molecule has 1 aromatic heterocycles. The van der Waals surface area contributed by atoms with Crippen molar-refractivity contribution >= 4 is 22.9 Å². The summed E-state index contributed by atoms with van der Waals surface area (Å²) in [4.78, 5) is 16.1. The van der Waals surface area contributed by atoms with E-state index in [2.05, 4.69) is 51.2 Å². The molecule has 1 amide bonds. The molecule has 0 saturated carbocycles. The number of morpholine rings is 1. The van der Waals surface area contributed by atoms with E-state index in [1.165, 1.54) is 10.4 Å². The van der Waals surface area contributed by atoms with Gasteiger partial charge in [-0.3, -0.25) is 15.0 Å². The molecule has 1 unspecified atom stereocenters. The van der Waals surface area contributed by atoms with Gasteiger partial charge in [-0.15, -0.1) is 11.3 Å². The number of nitrogens with zero attached hydrogens (tertiary/aromatic N) is 1. The van der Waals surface area contributed by atoms with E-state index in [1.807, 2.05) is 36.4 Å². The standard InChI is InChI=1S/C24H27N3O2S/c28-23(17-25-24(22-7-4-16-30-22)20-5-2-1-3-6-20)26-21-10-8-19(9-11-21)18-27-12-14-29-15-13-27/h1-11,16,24-25H,12-15,17-18H2,(H,26,28). The molecule has 2 N–H and O–H groups in total. The zero-order chi connectivity index (χ0) is 20.6. The first-order valence-corrected chi connectivity index (χ1v) is 11.2. The predicted octanol–water partition coefficient (Wildman–Crippen LogP) is 3.90. The van der Waals surface area contributed by atoms with Crippen LogP contribution in [0.3, 0.4) is 0 Å². The summed E-state index contributed by atoms with van der Waals surface area (Å²) in [6, 6.07) is 22.5. The van der Waals surface area contributed by atoms with Gasteiger partial charge in [0.05, 0.1) is 25.8 Å². The summed E-state index contributed by atoms with van der Waals surface area (Å²) in [6.45, 7) is 4.70. The number of rotatable bonds is 8. The molecule has 0 spiro atoms. The lowest BCUT2D eigenvalue weighted by atomic mass is 10.1. The van der Waals surface area contributed by atoms with Crippen LogP contribution in [0.5, 0.6) is 0 Å². The minimum absolute atomic E-state index is 0.00727. The summed E-state index contributed by atoms with van der Waals surface area (Å²) in [5.74, 6) is -0.0478. The van der Waals surface area contributed by atoms with E-state index in [9.17, 15) is 4.79 Å². The molecule has 1 aliphatic heterocycles. The van der Waals surface area contributed by atoms with Crippen LogP contribution in [-0.2, 0) is 16.1 Å². The quantitative estimate of drug-likeness (QED) is 0.579. The highest BCUT2D eigenvalue weighted by molar-refractivity contribution is 7.10. The molecule has 5 nitrogen and oxygen atoms in total. The van der Waals surface area contributed by atoms with Crippen molar-refractivity contribution in [2.75, 3.05) is 38.2 Å². The maximum atomic E-state index is 12.5. The van der Waals surface area contributed by atoms with Crippen molar-refractivity contribution in [1.29, 1.82) is 0 Å². The predicted molar refractivity (Wildman–Crippen MR) is 122 cm³/mol. The molecule has 30 heavy (non-hydrogen) atoms. The topological polar surface area (TPSA) is 53.6 Å². The van der Waals surface area contributed by atoms with Gasteiger partial charge in [0.25, 0.3) is 0 Å². The number of hydrogen-bond acceptors (Lipinski definition) is 5. The Kier molecular flexibility index (Phi) is 7.26. The Morgan fingerprint density at radius 1 is 1.00 bits per heavy atom. The van der Waals surface area contributed by atoms with Crippen LogP contribution in [-0.4, -0.2) is 43.7 Å². The molecule has 2 heterocycles. The molecule has 0 radical (unpaired) electrons. The van der Waals surface area contributed by atoms with Crippen molar-refractivity contribution in [3.05, 3.63) is 88.1 Å². The maximum absolute atomic E-state index is 12.5. The number of amides is 1. The van der Waals surface area contributed by atoms with Crippen molar-refractivity contribution in [2.45, 2.75) is 12.6 Å². The van der Waals surface area contributed by atoms with Crippen molar-refractivity contribution < 1.29 is 9.53 Å². The zero-order valence-corrected chi connectivity index (χ0v) is 17.7. The number of carbonyl (C=O) groups is 1. The normalized spacial score (nSPS) is 15.6. The van der Waals surface area contributed by atoms with Crippen molar-refractivity contribution in [3.8, 4) is 0 Å². The number of hydrogen-bond donors (Lipinski definition) is 2. The van der Waals surface area contributed by atoms with Crippen molar-refractivity contribution in [1.82, 2.24) is 10.2 Å². The van der Waals surface area contributed by atoms with Gasteiger partial charge in [-0.2, -0.15) is 0 Å². The molecule has 4 rings (SSSR count). The van der Waals surface area contributed by atoms with Gasteiger partial charge < -0.3 is 10.1 Å². The number of anilines is 1. The van der Waals surface area contributed by atoms with Crippen molar-refractivity contribution in [3.63, 3.8) is 0 Å². The molecule has 1 aliphatic rings. The van der Waals surface area contributed by atoms with Gasteiger partial charge in [-0.25, -0.2) is 0 Å². The number of thiophene rings is 1. The molecule has 1 fully saturated rings. The van der Waals surface area contributed by atoms with E-state index in [4.69, 9.17) is 4.74 Å². The lowest BCUT2D eigenvalue weighted by molar-refractivity contribution is -0.115. The molecule has 3 aromatic rings. The van der Waals surface area contributed by atoms with Crippen LogP contribution in [0, 0.1) is 0 Å². The largest absolute Gasteiger partial charge is 0.379 e. The lowest BCUT2D eigenvalue weighted by Gasteiger charge is -2.26. The third-order valence-corrected chi connectivity index (χ3v) is 6.11. The van der Waals surface area contributed by atoms with Crippen LogP contribution in [0.2, 0.25) is 0 Å². The van der Waals surface area contributed by atoms with Crippen LogP contribution in [0.1, 0.15) is 22.0 Å². The van der Waals surface area contributed by atoms with E-state index in [0.717, 1.165) is 44.1 Å². The smallest absolute Gasteiger partial charge is 0.238 e. The fraction of sp³-hybridized carbons (Fsp3) is 0.292. The lowest BCUT2D eigenvalue weighted by Crippen LogP contribution is -2.35. The molecule has 1 saturated heterocycles. The van der Waals surface area contributed by atoms with Crippen LogP contribution in [0.4, 0.5) is 5.69 Å². The first-order chi connectivity index (χ1) is 14.8. The molecule has 156 valence electrons. The van der Waals surface area contributed by atoms with Gasteiger partial charge in [0, 0.05) is 30.2 Å². The number of nitrogens with one attached hydrogen (secondary N) is 2. The highest BCUT2D eigenvalue weighted by Gasteiger charge is 2.16. The summed E-state index contributed by atoms with van der Waals surface area (Å²) < 4.78 is 5.40. The Balaban J connectivity index is 1.31. The highest BCUT2D eigenvalue weighted by atomic mass is 32.1. The Labute approximate surface area is 181 Å². The van der Waals surface area contributed by atoms with Crippen LogP contribution >= 0.6 is 11.3 Å². The molecule has 0 bridgehead atoms. The molecule has 2 aromatic carbocycles. The van der Waals surface area contributed by atoms with Gasteiger partial charge >= 0.3 is 0 Å². The summed E-state index contributed by atoms with van der Waals surface area (Å²) in [5.41, 5.74) is 3.22. The average Bonchev–Trinajstić information content (AvgIpc) is 3.31. The maximum Gasteiger partial charge on any atom is 0.238 e. The van der Waals surface area contributed by atoms with E-state index < -0.39 is 0 Å². The monoisotopic (exact) mass is 421 g/mol. The molecule has 1 atom stereocenters. The zero-order valence-electron chi connectivity index (χ0n) is 16.9. The van der Waals surface area contributed by atoms with E-state index in [1.54, 1.807) is 11.3 Å². The van der Waals surface area contributed by atoms with Gasteiger partial charge in [0.15, 0.2) is 0 Å². The number of ether oxygens (including phenoxy) is 1. The fourth-order valence-corrected chi connectivity index (χ4v) is 4.42. The second-order valence-corrected chi connectivity index (χ2v) is 8.35. The first-order valence-electron chi connectivity index (χ1n) is 10.3. The van der Waals surface area contributed by atoms with Gasteiger partial charge in [0.2, 0.25) is 5.91 Å². The average molecular weight is 422 g/mol. The second kappa shape index (κ2) is 10.5. The Morgan fingerprint density at radius 3 is 2.47 bits per heavy atom. The molecule has 6 heteroatoms. The fourth-order valence-electron chi connectivity index (χ4n) is 3.59. The SMILES string of the molecule is O=C(CNC(c1ccccc1)c1cccs1)Nc1ccc(CN2CCOCC2)cc1. The number of benzene rings is 2. The summed E-state index contributed by atoms with van der Waals surface area (Å²) >= 11 is 1.69. The van der Waals surface area contributed by atoms with Crippen LogP contribution in [0.15, 0.2) is 72.1 Å². The second-order valence-electron chi connectivity index (χ2n) is 7.37. The highest BCUT2D eigenvalue weighted by Crippen LogP contribution is 2.25. The van der Waals surface area contributed by atoms with Crippen molar-refractivity contribution in [2.24, 2.45) is 0 Å². The summed E-state index contributed by atoms with van der Waals surface area (Å²) in [7, 11) is 0. The molecular weight excluding hydrogens is 394 g/mol. The minimum atomic E-state index is -0.0478. The summed E-state index contributed by atoms with van der Waals surface area (Å²) in [6.07, 6.45) is 0. The van der Waals surface area contributed by atoms with E-state index in [-0.39, 0.29) is 18.5 Å². The third kappa shape index (κ3) is 5.77. The van der Waals surface area contributed by atoms with Gasteiger partial charge in [0.1, 0.15) is 0 Å². The van der Waals surface area contributed by atoms with Gasteiger partial charge in [-0.1, -0.05) is 48.5 Å². The van der Waals surface area contributed by atoms with Gasteiger partial charge in [-0.05, 0) is 34.7 Å². The van der Waals surface area contributed by atoms with E-state index in [0.29, 0.717) is 0 Å². The Morgan fingerprint density at radius 2 is 1.77 bits per heavy atom. The summed E-state index contributed by atoms with van der Waals surface area (Å²) in [5, 5.41) is 8.46. The third-order valence-electron chi connectivity index (χ3n) is 5.17. The number of carbonyl (C=O) groups excluding carboxylic acids is 1. The van der Waals surface area contributed by atoms with Crippen LogP contribution in [0.25, 0.3) is 0 Å². The Hall–Kier alpha value is -2.51. The molecular formula is C24H27N3O2S.